The molecule has 0 amide bonds. The highest BCUT2D eigenvalue weighted by atomic mass is 19.3. The van der Waals surface area contributed by atoms with Gasteiger partial charge in [-0.1, -0.05) is 6.42 Å². The zero-order valence-electron chi connectivity index (χ0n) is 5.19. The Morgan fingerprint density at radius 3 is 2.00 bits per heavy atom. The van der Waals surface area contributed by atoms with Crippen LogP contribution in [0.2, 0.25) is 0 Å². The standard InChI is InChI=1S/C6H11F2N/c7-6(8)5(9)4-2-1-3-4/h4-6H,1-3,9H2. The molecule has 3 heteroatoms. The lowest BCUT2D eigenvalue weighted by molar-refractivity contribution is 0.0651. The third kappa shape index (κ3) is 1.39. The minimum atomic E-state index is -2.32. The minimum Gasteiger partial charge on any atom is -0.323 e. The summed E-state index contributed by atoms with van der Waals surface area (Å²) in [6.07, 6.45) is 0.539. The predicted molar refractivity (Wildman–Crippen MR) is 31.3 cm³/mol. The van der Waals surface area contributed by atoms with Crippen LogP contribution in [0.5, 0.6) is 0 Å². The van der Waals surface area contributed by atoms with Gasteiger partial charge in [0.05, 0.1) is 6.04 Å². The Labute approximate surface area is 53.2 Å². The number of alkyl halides is 2. The molecule has 0 aliphatic heterocycles. The van der Waals surface area contributed by atoms with E-state index in [-0.39, 0.29) is 5.92 Å². The number of nitrogens with two attached hydrogens (primary N) is 1. The Balaban J connectivity index is 2.23. The van der Waals surface area contributed by atoms with Gasteiger partial charge in [0.25, 0.3) is 6.43 Å². The van der Waals surface area contributed by atoms with Crippen molar-refractivity contribution in [3.63, 3.8) is 0 Å². The van der Waals surface area contributed by atoms with Gasteiger partial charge < -0.3 is 5.73 Å². The van der Waals surface area contributed by atoms with Crippen molar-refractivity contribution < 1.29 is 8.78 Å². The average molecular weight is 135 g/mol. The molecule has 0 saturated heterocycles. The van der Waals surface area contributed by atoms with Crippen LogP contribution in [0.1, 0.15) is 19.3 Å². The van der Waals surface area contributed by atoms with Crippen LogP contribution in [0.15, 0.2) is 0 Å². The summed E-state index contributed by atoms with van der Waals surface area (Å²) in [6, 6.07) is -0.862. The van der Waals surface area contributed by atoms with Crippen molar-refractivity contribution in [2.24, 2.45) is 11.7 Å². The molecule has 0 heterocycles. The molecule has 0 aromatic heterocycles. The van der Waals surface area contributed by atoms with E-state index in [0.29, 0.717) is 0 Å². The third-order valence-electron chi connectivity index (χ3n) is 1.99. The molecule has 9 heavy (non-hydrogen) atoms. The smallest absolute Gasteiger partial charge is 0.253 e. The van der Waals surface area contributed by atoms with Crippen LogP contribution >= 0.6 is 0 Å². The molecule has 1 unspecified atom stereocenters. The molecule has 0 bridgehead atoms. The zero-order valence-corrected chi connectivity index (χ0v) is 5.19. The number of hydrogen-bond acceptors (Lipinski definition) is 1. The Morgan fingerprint density at radius 1 is 1.33 bits per heavy atom. The van der Waals surface area contributed by atoms with Crippen molar-refractivity contribution >= 4 is 0 Å². The van der Waals surface area contributed by atoms with E-state index in [9.17, 15) is 8.78 Å². The summed E-state index contributed by atoms with van der Waals surface area (Å²) < 4.78 is 23.5. The summed E-state index contributed by atoms with van der Waals surface area (Å²) >= 11 is 0. The van der Waals surface area contributed by atoms with Gasteiger partial charge in [-0.15, -0.1) is 0 Å². The van der Waals surface area contributed by atoms with Gasteiger partial charge in [0.1, 0.15) is 0 Å². The quantitative estimate of drug-likeness (QED) is 0.608. The number of hydrogen-bond donors (Lipinski definition) is 1. The van der Waals surface area contributed by atoms with E-state index in [0.717, 1.165) is 19.3 Å². The molecule has 1 rings (SSSR count). The molecule has 1 fully saturated rings. The van der Waals surface area contributed by atoms with Gasteiger partial charge in [-0.25, -0.2) is 8.78 Å². The lowest BCUT2D eigenvalue weighted by atomic mass is 9.80. The summed E-state index contributed by atoms with van der Waals surface area (Å²) in [5.74, 6) is 0.102. The van der Waals surface area contributed by atoms with E-state index in [2.05, 4.69) is 0 Å². The molecule has 54 valence electrons. The van der Waals surface area contributed by atoms with Gasteiger partial charge in [-0.3, -0.25) is 0 Å². The first-order valence-electron chi connectivity index (χ1n) is 3.25. The van der Waals surface area contributed by atoms with Gasteiger partial charge in [0, 0.05) is 0 Å². The van der Waals surface area contributed by atoms with E-state index in [1.807, 2.05) is 0 Å². The van der Waals surface area contributed by atoms with Crippen LogP contribution in [-0.4, -0.2) is 12.5 Å². The molecule has 0 spiro atoms. The van der Waals surface area contributed by atoms with E-state index in [4.69, 9.17) is 5.73 Å². The van der Waals surface area contributed by atoms with Crippen LogP contribution in [0.25, 0.3) is 0 Å². The topological polar surface area (TPSA) is 26.0 Å². The average Bonchev–Trinajstić information content (AvgIpc) is 1.60. The van der Waals surface area contributed by atoms with Crippen molar-refractivity contribution in [2.45, 2.75) is 31.7 Å². The molecule has 0 aromatic rings. The fourth-order valence-electron chi connectivity index (χ4n) is 1.03. The van der Waals surface area contributed by atoms with Gasteiger partial charge >= 0.3 is 0 Å². The molecular weight excluding hydrogens is 124 g/mol. The Hall–Kier alpha value is -0.180. The van der Waals surface area contributed by atoms with Crippen molar-refractivity contribution in [2.75, 3.05) is 0 Å². The maximum absolute atomic E-state index is 11.8. The van der Waals surface area contributed by atoms with Crippen LogP contribution in [0.3, 0.4) is 0 Å². The van der Waals surface area contributed by atoms with Crippen molar-refractivity contribution in [3.8, 4) is 0 Å². The van der Waals surface area contributed by atoms with Crippen LogP contribution in [0, 0.1) is 5.92 Å². The molecule has 1 aliphatic rings. The number of halogens is 2. The maximum atomic E-state index is 11.8. The van der Waals surface area contributed by atoms with E-state index < -0.39 is 12.5 Å². The lowest BCUT2D eigenvalue weighted by Crippen LogP contribution is -2.40. The minimum absolute atomic E-state index is 0.102. The highest BCUT2D eigenvalue weighted by Gasteiger charge is 2.30. The van der Waals surface area contributed by atoms with Crippen LogP contribution < -0.4 is 5.73 Å². The summed E-state index contributed by atoms with van der Waals surface area (Å²) in [5.41, 5.74) is 5.17. The van der Waals surface area contributed by atoms with Crippen molar-refractivity contribution in [3.05, 3.63) is 0 Å². The van der Waals surface area contributed by atoms with Crippen LogP contribution in [0.4, 0.5) is 8.78 Å². The second kappa shape index (κ2) is 2.60. The maximum Gasteiger partial charge on any atom is 0.253 e. The Morgan fingerprint density at radius 2 is 1.89 bits per heavy atom. The highest BCUT2D eigenvalue weighted by Crippen LogP contribution is 2.30. The monoisotopic (exact) mass is 135 g/mol. The molecule has 1 aliphatic carbocycles. The Bertz CT molecular complexity index is 91.1. The molecule has 2 N–H and O–H groups in total. The van der Waals surface area contributed by atoms with Gasteiger partial charge in [-0.2, -0.15) is 0 Å². The summed E-state index contributed by atoms with van der Waals surface area (Å²) in [7, 11) is 0. The SMILES string of the molecule is NC(C(F)F)C1CCC1. The predicted octanol–water partition coefficient (Wildman–Crippen LogP) is 1.38. The lowest BCUT2D eigenvalue weighted by Gasteiger charge is -2.30. The van der Waals surface area contributed by atoms with Crippen molar-refractivity contribution in [1.82, 2.24) is 0 Å². The third-order valence-corrected chi connectivity index (χ3v) is 1.99. The normalized spacial score (nSPS) is 24.0. The summed E-state index contributed by atoms with van der Waals surface area (Å²) in [6.45, 7) is 0. The Kier molecular flexibility index (Phi) is 2.01. The molecular formula is C6H11F2N. The molecule has 1 atom stereocenters. The zero-order chi connectivity index (χ0) is 6.85. The van der Waals surface area contributed by atoms with Crippen molar-refractivity contribution in [1.29, 1.82) is 0 Å². The second-order valence-corrected chi connectivity index (χ2v) is 2.60. The van der Waals surface area contributed by atoms with E-state index in [1.54, 1.807) is 0 Å². The largest absolute Gasteiger partial charge is 0.323 e. The fraction of sp³-hybridized carbons (Fsp3) is 1.00. The van der Waals surface area contributed by atoms with Gasteiger partial charge in [0.15, 0.2) is 0 Å². The summed E-state index contributed by atoms with van der Waals surface area (Å²) in [5, 5.41) is 0. The first-order chi connectivity index (χ1) is 4.22. The van der Waals surface area contributed by atoms with E-state index in [1.165, 1.54) is 0 Å². The first kappa shape index (κ1) is 6.93. The van der Waals surface area contributed by atoms with Crippen LogP contribution in [-0.2, 0) is 0 Å². The molecule has 1 saturated carbocycles. The van der Waals surface area contributed by atoms with Gasteiger partial charge in [-0.05, 0) is 18.8 Å². The number of rotatable bonds is 2. The molecule has 1 nitrogen and oxygen atoms in total. The second-order valence-electron chi connectivity index (χ2n) is 2.60. The van der Waals surface area contributed by atoms with E-state index >= 15 is 0 Å². The first-order valence-corrected chi connectivity index (χ1v) is 3.25. The highest BCUT2D eigenvalue weighted by molar-refractivity contribution is 4.81. The fourth-order valence-corrected chi connectivity index (χ4v) is 1.03. The molecule has 0 radical (unpaired) electrons. The summed E-state index contributed by atoms with van der Waals surface area (Å²) in [4.78, 5) is 0. The molecule has 0 aromatic carbocycles. The van der Waals surface area contributed by atoms with Gasteiger partial charge in [0.2, 0.25) is 0 Å².